The summed E-state index contributed by atoms with van der Waals surface area (Å²) < 4.78 is 23.9. The van der Waals surface area contributed by atoms with E-state index in [2.05, 4.69) is 4.18 Å². The second kappa shape index (κ2) is 4.62. The molecule has 7 nitrogen and oxygen atoms in total. The van der Waals surface area contributed by atoms with E-state index < -0.39 is 33.5 Å². The molecule has 0 aliphatic heterocycles. The van der Waals surface area contributed by atoms with Crippen molar-refractivity contribution in [3.8, 4) is 0 Å². The van der Waals surface area contributed by atoms with Crippen LogP contribution >= 0.6 is 0 Å². The molecule has 0 N–H and O–H groups in total. The zero-order chi connectivity index (χ0) is 11.4. The minimum Gasteiger partial charge on any atom is -0.740 e. The summed E-state index contributed by atoms with van der Waals surface area (Å²) in [6, 6.07) is 4.89. The number of hydrogen-bond acceptors (Lipinski definition) is 6. The maximum atomic E-state index is 11.1. The van der Waals surface area contributed by atoms with Gasteiger partial charge in [-0.2, -0.15) is 0 Å². The molecule has 0 saturated heterocycles. The average Bonchev–Trinajstić information content (AvgIpc) is 2.16. The first kappa shape index (κ1) is 11.3. The molecule has 1 atom stereocenters. The van der Waals surface area contributed by atoms with Crippen LogP contribution in [-0.4, -0.2) is 19.7 Å². The zero-order valence-electron chi connectivity index (χ0n) is 7.11. The quantitative estimate of drug-likeness (QED) is 0.426. The number of nitro benzene ring substituents is 1. The van der Waals surface area contributed by atoms with Gasteiger partial charge in [0.1, 0.15) is 16.9 Å². The van der Waals surface area contributed by atoms with Crippen LogP contribution in [0.3, 0.4) is 0 Å². The van der Waals surface area contributed by atoms with E-state index in [1.807, 2.05) is 0 Å². The van der Waals surface area contributed by atoms with Gasteiger partial charge >= 0.3 is 5.97 Å². The molecule has 0 aliphatic carbocycles. The van der Waals surface area contributed by atoms with Gasteiger partial charge < -0.3 is 8.74 Å². The summed E-state index contributed by atoms with van der Waals surface area (Å²) >= 11 is -3.04. The van der Waals surface area contributed by atoms with Gasteiger partial charge in [-0.3, -0.25) is 10.1 Å². The molecule has 1 aromatic carbocycles. The van der Waals surface area contributed by atoms with E-state index in [0.29, 0.717) is 0 Å². The molecule has 0 amide bonds. The number of nitrogens with zero attached hydrogens (tertiary/aromatic N) is 1. The van der Waals surface area contributed by atoms with E-state index in [1.165, 1.54) is 12.1 Å². The van der Waals surface area contributed by atoms with Crippen LogP contribution in [0.4, 0.5) is 5.69 Å². The minimum atomic E-state index is -3.04. The Morgan fingerprint density at radius 2 is 2.00 bits per heavy atom. The minimum absolute atomic E-state index is 0.410. The lowest BCUT2D eigenvalue weighted by Gasteiger charge is -2.05. The Balaban J connectivity index is 3.08. The topological polar surface area (TPSA) is 110 Å². The highest BCUT2D eigenvalue weighted by molar-refractivity contribution is 7.74. The lowest BCUT2D eigenvalue weighted by Crippen LogP contribution is -2.09. The fourth-order valence-electron chi connectivity index (χ4n) is 0.912. The molecule has 0 aromatic heterocycles. The largest absolute Gasteiger partial charge is 0.740 e. The highest BCUT2D eigenvalue weighted by Gasteiger charge is 2.20. The molecular weight excluding hydrogens is 226 g/mol. The van der Waals surface area contributed by atoms with Crippen molar-refractivity contribution in [1.82, 2.24) is 0 Å². The summed E-state index contributed by atoms with van der Waals surface area (Å²) in [5.41, 5.74) is -0.917. The molecule has 0 bridgehead atoms. The summed E-state index contributed by atoms with van der Waals surface area (Å²) in [6.07, 6.45) is 0. The molecule has 80 valence electrons. The third kappa shape index (κ3) is 2.82. The van der Waals surface area contributed by atoms with Gasteiger partial charge in [-0.25, -0.2) is 9.00 Å². The first-order valence-corrected chi connectivity index (χ1v) is 4.57. The molecule has 0 heterocycles. The van der Waals surface area contributed by atoms with Gasteiger partial charge in [0.25, 0.3) is 5.69 Å². The van der Waals surface area contributed by atoms with Crippen LogP contribution in [-0.2, 0) is 15.5 Å². The van der Waals surface area contributed by atoms with Crippen LogP contribution in [0.15, 0.2) is 24.3 Å². The second-order valence-electron chi connectivity index (χ2n) is 2.35. The van der Waals surface area contributed by atoms with Crippen molar-refractivity contribution in [1.29, 1.82) is 0 Å². The maximum absolute atomic E-state index is 11.1. The highest BCUT2D eigenvalue weighted by atomic mass is 32.2. The second-order valence-corrected chi connectivity index (χ2v) is 2.92. The summed E-state index contributed by atoms with van der Waals surface area (Å²) in [6.45, 7) is 0. The predicted molar refractivity (Wildman–Crippen MR) is 47.4 cm³/mol. The number of carbonyl (C=O) groups is 1. The van der Waals surface area contributed by atoms with Gasteiger partial charge in [-0.05, 0) is 6.07 Å². The van der Waals surface area contributed by atoms with Gasteiger partial charge in [0.05, 0.1) is 4.92 Å². The van der Waals surface area contributed by atoms with E-state index in [-0.39, 0.29) is 0 Å². The molecule has 1 rings (SSSR count). The van der Waals surface area contributed by atoms with Gasteiger partial charge in [0.15, 0.2) is 0 Å². The van der Waals surface area contributed by atoms with Crippen LogP contribution in [0.2, 0.25) is 0 Å². The Bertz CT molecular complexity index is 431. The Hall–Kier alpha value is -1.80. The fourth-order valence-corrected chi connectivity index (χ4v) is 1.13. The predicted octanol–water partition coefficient (Wildman–Crippen LogP) is 0.546. The van der Waals surface area contributed by atoms with Crippen molar-refractivity contribution in [2.45, 2.75) is 0 Å². The van der Waals surface area contributed by atoms with Crippen LogP contribution in [0.5, 0.6) is 0 Å². The molecule has 15 heavy (non-hydrogen) atoms. The maximum Gasteiger partial charge on any atom is 0.358 e. The monoisotopic (exact) mass is 230 g/mol. The molecule has 0 aliphatic rings. The lowest BCUT2D eigenvalue weighted by molar-refractivity contribution is -0.385. The highest BCUT2D eigenvalue weighted by Crippen LogP contribution is 2.18. The van der Waals surface area contributed by atoms with E-state index >= 15 is 0 Å². The van der Waals surface area contributed by atoms with Crippen molar-refractivity contribution in [2.24, 2.45) is 0 Å². The van der Waals surface area contributed by atoms with E-state index in [4.69, 9.17) is 0 Å². The van der Waals surface area contributed by atoms with E-state index in [0.717, 1.165) is 12.1 Å². The van der Waals surface area contributed by atoms with Gasteiger partial charge in [0, 0.05) is 6.07 Å². The summed E-state index contributed by atoms with van der Waals surface area (Å²) in [7, 11) is 0. The number of benzene rings is 1. The number of nitro groups is 1. The Labute approximate surface area is 86.3 Å². The number of hydrogen-bond donors (Lipinski definition) is 0. The van der Waals surface area contributed by atoms with Crippen molar-refractivity contribution >= 4 is 23.0 Å². The molecule has 8 heteroatoms. The summed E-state index contributed by atoms with van der Waals surface area (Å²) in [5, 5.41) is 10.5. The van der Waals surface area contributed by atoms with Crippen molar-refractivity contribution in [3.63, 3.8) is 0 Å². The molecule has 0 spiro atoms. The van der Waals surface area contributed by atoms with Gasteiger partial charge in [-0.1, -0.05) is 12.1 Å². The summed E-state index contributed by atoms with van der Waals surface area (Å²) in [5.74, 6) is -1.28. The Morgan fingerprint density at radius 1 is 1.40 bits per heavy atom. The van der Waals surface area contributed by atoms with Crippen LogP contribution in [0.25, 0.3) is 0 Å². The Morgan fingerprint density at radius 3 is 2.53 bits per heavy atom. The molecular formula is C7H4NO6S-. The van der Waals surface area contributed by atoms with Crippen LogP contribution < -0.4 is 0 Å². The van der Waals surface area contributed by atoms with Crippen molar-refractivity contribution < 1.29 is 22.7 Å². The number of carbonyl (C=O) groups excluding carboxylic acids is 1. The first-order valence-electron chi connectivity index (χ1n) is 3.57. The smallest absolute Gasteiger partial charge is 0.358 e. The summed E-state index contributed by atoms with van der Waals surface area (Å²) in [4.78, 5) is 20.7. The van der Waals surface area contributed by atoms with Crippen LogP contribution in [0, 0.1) is 10.1 Å². The Kier molecular flexibility index (Phi) is 3.47. The van der Waals surface area contributed by atoms with Crippen molar-refractivity contribution in [2.75, 3.05) is 0 Å². The average molecular weight is 230 g/mol. The van der Waals surface area contributed by atoms with Crippen molar-refractivity contribution in [3.05, 3.63) is 39.9 Å². The molecule has 1 aromatic rings. The molecule has 1 unspecified atom stereocenters. The number of para-hydroxylation sites is 1. The van der Waals surface area contributed by atoms with E-state index in [1.54, 1.807) is 0 Å². The van der Waals surface area contributed by atoms with E-state index in [9.17, 15) is 23.7 Å². The molecule has 0 radical (unpaired) electrons. The SMILES string of the molecule is O=C(OS(=O)[O-])c1ccccc1[N+](=O)[O-]. The third-order valence-electron chi connectivity index (χ3n) is 1.46. The van der Waals surface area contributed by atoms with Gasteiger partial charge in [0.2, 0.25) is 0 Å². The standard InChI is InChI=1S/C7H5NO6S/c9-7(14-15(12)13)5-3-1-2-4-6(5)8(10)11/h1-4H,(H,12,13)/p-1. The zero-order valence-corrected chi connectivity index (χ0v) is 7.93. The molecule has 0 saturated carbocycles. The first-order chi connectivity index (χ1) is 7.02. The lowest BCUT2D eigenvalue weighted by atomic mass is 10.2. The van der Waals surface area contributed by atoms with Gasteiger partial charge in [-0.15, -0.1) is 0 Å². The van der Waals surface area contributed by atoms with Crippen LogP contribution in [0.1, 0.15) is 10.4 Å². The number of rotatable bonds is 3. The third-order valence-corrected chi connectivity index (χ3v) is 1.75. The normalized spacial score (nSPS) is 11.8. The fraction of sp³-hybridized carbons (Fsp3) is 0. The molecule has 0 fully saturated rings.